The van der Waals surface area contributed by atoms with E-state index < -0.39 is 11.7 Å². The summed E-state index contributed by atoms with van der Waals surface area (Å²) >= 11 is 0. The van der Waals surface area contributed by atoms with Crippen molar-refractivity contribution in [1.82, 2.24) is 9.80 Å². The predicted molar refractivity (Wildman–Crippen MR) is 66.6 cm³/mol. The van der Waals surface area contributed by atoms with Crippen LogP contribution in [0.2, 0.25) is 0 Å². The van der Waals surface area contributed by atoms with Crippen molar-refractivity contribution >= 4 is 12.2 Å². The summed E-state index contributed by atoms with van der Waals surface area (Å²) in [7, 11) is 0. The Morgan fingerprint density at radius 1 is 1.44 bits per heavy atom. The van der Waals surface area contributed by atoms with Crippen molar-refractivity contribution in [2.24, 2.45) is 0 Å². The number of carbonyl (C=O) groups excluding carboxylic acids is 1. The van der Waals surface area contributed by atoms with Crippen LogP contribution in [0.1, 0.15) is 34.1 Å². The third-order valence-corrected chi connectivity index (χ3v) is 2.84. The molecule has 0 spiro atoms. The number of rotatable bonds is 2. The molecular formula is C12H22N2O4. The third-order valence-electron chi connectivity index (χ3n) is 2.84. The van der Waals surface area contributed by atoms with Gasteiger partial charge in [0.1, 0.15) is 5.60 Å². The van der Waals surface area contributed by atoms with E-state index >= 15 is 0 Å². The largest absolute Gasteiger partial charge is 0.465 e. The Balaban J connectivity index is 2.62. The fourth-order valence-corrected chi connectivity index (χ4v) is 2.03. The van der Waals surface area contributed by atoms with Crippen molar-refractivity contribution in [2.45, 2.75) is 45.8 Å². The van der Waals surface area contributed by atoms with Gasteiger partial charge in [-0.25, -0.2) is 9.59 Å². The molecule has 0 saturated carbocycles. The quantitative estimate of drug-likeness (QED) is 0.822. The lowest BCUT2D eigenvalue weighted by Gasteiger charge is -2.30. The molecule has 1 aliphatic heterocycles. The molecule has 104 valence electrons. The van der Waals surface area contributed by atoms with E-state index in [-0.39, 0.29) is 12.1 Å². The monoisotopic (exact) mass is 258 g/mol. The zero-order valence-electron chi connectivity index (χ0n) is 11.5. The molecule has 0 unspecified atom stereocenters. The molecule has 1 fully saturated rings. The standard InChI is InChI=1S/C12H22N2O4/c1-5-14(11(17)18-12(2,3)4)9-6-7-13(8-9)10(15)16/h9H,5-8H2,1-4H3,(H,15,16)/t9-/m0/s1. The highest BCUT2D eigenvalue weighted by Gasteiger charge is 2.33. The maximum atomic E-state index is 12.0. The summed E-state index contributed by atoms with van der Waals surface area (Å²) in [6.45, 7) is 8.67. The molecule has 6 nitrogen and oxygen atoms in total. The number of hydrogen-bond donors (Lipinski definition) is 1. The van der Waals surface area contributed by atoms with Crippen LogP contribution in [0.25, 0.3) is 0 Å². The maximum absolute atomic E-state index is 12.0. The molecule has 2 amide bonds. The van der Waals surface area contributed by atoms with Crippen molar-refractivity contribution in [3.8, 4) is 0 Å². The zero-order valence-corrected chi connectivity index (χ0v) is 11.5. The fraction of sp³-hybridized carbons (Fsp3) is 0.833. The van der Waals surface area contributed by atoms with Crippen molar-refractivity contribution in [3.63, 3.8) is 0 Å². The van der Waals surface area contributed by atoms with Crippen LogP contribution in [0.4, 0.5) is 9.59 Å². The van der Waals surface area contributed by atoms with Crippen LogP contribution in [0.3, 0.4) is 0 Å². The van der Waals surface area contributed by atoms with E-state index in [9.17, 15) is 9.59 Å². The molecule has 6 heteroatoms. The van der Waals surface area contributed by atoms with E-state index in [1.807, 2.05) is 27.7 Å². The first-order valence-corrected chi connectivity index (χ1v) is 6.22. The molecule has 1 N–H and O–H groups in total. The van der Waals surface area contributed by atoms with E-state index in [4.69, 9.17) is 9.84 Å². The van der Waals surface area contributed by atoms with Crippen molar-refractivity contribution in [3.05, 3.63) is 0 Å². The third kappa shape index (κ3) is 3.78. The Labute approximate surface area is 107 Å². The van der Waals surface area contributed by atoms with E-state index in [1.165, 1.54) is 4.90 Å². The highest BCUT2D eigenvalue weighted by Crippen LogP contribution is 2.18. The first kappa shape index (κ1) is 14.6. The van der Waals surface area contributed by atoms with Crippen molar-refractivity contribution in [1.29, 1.82) is 0 Å². The van der Waals surface area contributed by atoms with Crippen LogP contribution < -0.4 is 0 Å². The summed E-state index contributed by atoms with van der Waals surface area (Å²) in [6.07, 6.45) is -0.640. The SMILES string of the molecule is CCN(C(=O)OC(C)(C)C)[C@H]1CCN(C(=O)O)C1. The zero-order chi connectivity index (χ0) is 13.9. The minimum absolute atomic E-state index is 0.0825. The van der Waals surface area contributed by atoms with E-state index in [2.05, 4.69) is 0 Å². The van der Waals surface area contributed by atoms with Gasteiger partial charge in [0, 0.05) is 19.6 Å². The molecule has 0 aromatic heterocycles. The summed E-state index contributed by atoms with van der Waals surface area (Å²) in [5.74, 6) is 0. The first-order valence-electron chi connectivity index (χ1n) is 6.22. The second-order valence-electron chi connectivity index (χ2n) is 5.44. The van der Waals surface area contributed by atoms with Gasteiger partial charge in [-0.3, -0.25) is 0 Å². The number of ether oxygens (including phenoxy) is 1. The summed E-state index contributed by atoms with van der Waals surface area (Å²) in [4.78, 5) is 25.8. The second kappa shape index (κ2) is 5.46. The normalized spacial score (nSPS) is 19.8. The van der Waals surface area contributed by atoms with Gasteiger partial charge in [-0.1, -0.05) is 0 Å². The van der Waals surface area contributed by atoms with Gasteiger partial charge < -0.3 is 19.6 Å². The topological polar surface area (TPSA) is 70.1 Å². The van der Waals surface area contributed by atoms with E-state index in [0.29, 0.717) is 26.1 Å². The average molecular weight is 258 g/mol. The molecular weight excluding hydrogens is 236 g/mol. The number of amides is 2. The van der Waals surface area contributed by atoms with Gasteiger partial charge in [-0.15, -0.1) is 0 Å². The number of likely N-dealkylation sites (tertiary alicyclic amines) is 1. The number of nitrogens with zero attached hydrogens (tertiary/aromatic N) is 2. The maximum Gasteiger partial charge on any atom is 0.410 e. The lowest BCUT2D eigenvalue weighted by Crippen LogP contribution is -2.44. The molecule has 1 atom stereocenters. The number of hydrogen-bond acceptors (Lipinski definition) is 3. The van der Waals surface area contributed by atoms with Crippen LogP contribution in [0, 0.1) is 0 Å². The van der Waals surface area contributed by atoms with Crippen LogP contribution in [-0.2, 0) is 4.74 Å². The molecule has 0 radical (unpaired) electrons. The Hall–Kier alpha value is -1.46. The fourth-order valence-electron chi connectivity index (χ4n) is 2.03. The predicted octanol–water partition coefficient (Wildman–Crippen LogP) is 2.00. The molecule has 18 heavy (non-hydrogen) atoms. The van der Waals surface area contributed by atoms with Crippen LogP contribution in [0.5, 0.6) is 0 Å². The minimum Gasteiger partial charge on any atom is -0.465 e. The lowest BCUT2D eigenvalue weighted by molar-refractivity contribution is 0.0180. The average Bonchev–Trinajstić information content (AvgIpc) is 2.65. The Kier molecular flexibility index (Phi) is 4.43. The van der Waals surface area contributed by atoms with E-state index in [1.54, 1.807) is 4.90 Å². The molecule has 1 heterocycles. The molecule has 0 aromatic rings. The highest BCUT2D eigenvalue weighted by molar-refractivity contribution is 5.69. The summed E-state index contributed by atoms with van der Waals surface area (Å²) < 4.78 is 5.32. The van der Waals surface area contributed by atoms with Gasteiger partial charge in [-0.2, -0.15) is 0 Å². The smallest absolute Gasteiger partial charge is 0.410 e. The Morgan fingerprint density at radius 3 is 2.44 bits per heavy atom. The van der Waals surface area contributed by atoms with Crippen LogP contribution >= 0.6 is 0 Å². The molecule has 0 bridgehead atoms. The van der Waals surface area contributed by atoms with Crippen LogP contribution in [0.15, 0.2) is 0 Å². The van der Waals surface area contributed by atoms with Crippen LogP contribution in [-0.4, -0.2) is 58.4 Å². The minimum atomic E-state index is -0.933. The van der Waals surface area contributed by atoms with E-state index in [0.717, 1.165) is 0 Å². The van der Waals surface area contributed by atoms with Gasteiger partial charge in [0.05, 0.1) is 6.04 Å². The molecule has 0 aromatic carbocycles. The van der Waals surface area contributed by atoms with Gasteiger partial charge in [0.25, 0.3) is 0 Å². The second-order valence-corrected chi connectivity index (χ2v) is 5.44. The highest BCUT2D eigenvalue weighted by atomic mass is 16.6. The number of likely N-dealkylation sites (N-methyl/N-ethyl adjacent to an activating group) is 1. The number of carboxylic acid groups (broad SMARTS) is 1. The Bertz CT molecular complexity index is 325. The molecule has 1 aliphatic rings. The number of carbonyl (C=O) groups is 2. The van der Waals surface area contributed by atoms with Gasteiger partial charge in [0.15, 0.2) is 0 Å². The van der Waals surface area contributed by atoms with Gasteiger partial charge in [-0.05, 0) is 34.1 Å². The molecule has 1 saturated heterocycles. The molecule has 1 rings (SSSR count). The van der Waals surface area contributed by atoms with Gasteiger partial charge >= 0.3 is 12.2 Å². The summed E-state index contributed by atoms with van der Waals surface area (Å²) in [5, 5.41) is 8.90. The molecule has 0 aliphatic carbocycles. The first-order chi connectivity index (χ1) is 8.24. The Morgan fingerprint density at radius 2 is 2.06 bits per heavy atom. The van der Waals surface area contributed by atoms with Crippen molar-refractivity contribution in [2.75, 3.05) is 19.6 Å². The lowest BCUT2D eigenvalue weighted by atomic mass is 10.2. The summed E-state index contributed by atoms with van der Waals surface area (Å²) in [5.41, 5.74) is -0.532. The van der Waals surface area contributed by atoms with Gasteiger partial charge in [0.2, 0.25) is 0 Å². The summed E-state index contributed by atoms with van der Waals surface area (Å²) in [6, 6.07) is -0.0825. The van der Waals surface area contributed by atoms with Crippen molar-refractivity contribution < 1.29 is 19.4 Å².